The Bertz CT molecular complexity index is 450. The van der Waals surface area contributed by atoms with Crippen molar-refractivity contribution in [3.05, 3.63) is 30.1 Å². The van der Waals surface area contributed by atoms with Crippen LogP contribution in [0.1, 0.15) is 32.1 Å². The summed E-state index contributed by atoms with van der Waals surface area (Å²) in [4.78, 5) is 0.778. The Hall–Kier alpha value is -0.540. The molecule has 2 aliphatic carbocycles. The first-order chi connectivity index (χ1) is 9.76. The van der Waals surface area contributed by atoms with E-state index < -0.39 is 0 Å². The Morgan fingerprint density at radius 1 is 1.30 bits per heavy atom. The predicted molar refractivity (Wildman–Crippen MR) is 83.5 cm³/mol. The van der Waals surface area contributed by atoms with Gasteiger partial charge in [0.15, 0.2) is 0 Å². The third kappa shape index (κ3) is 3.20. The highest BCUT2D eigenvalue weighted by Crippen LogP contribution is 2.50. The second-order valence-electron chi connectivity index (χ2n) is 6.40. The molecule has 1 aromatic carbocycles. The summed E-state index contributed by atoms with van der Waals surface area (Å²) < 4.78 is 13.6. The zero-order chi connectivity index (χ0) is 13.9. The Morgan fingerprint density at radius 3 is 2.80 bits per heavy atom. The van der Waals surface area contributed by atoms with Crippen molar-refractivity contribution in [3.63, 3.8) is 0 Å². The van der Waals surface area contributed by atoms with Crippen LogP contribution in [0.2, 0.25) is 0 Å². The van der Waals surface area contributed by atoms with Crippen LogP contribution in [0.4, 0.5) is 4.39 Å². The first-order valence-corrected chi connectivity index (χ1v) is 8.79. The number of thioether (sulfide) groups is 1. The lowest BCUT2D eigenvalue weighted by molar-refractivity contribution is 0.290. The summed E-state index contributed by atoms with van der Waals surface area (Å²) in [5, 5.41) is 3.43. The van der Waals surface area contributed by atoms with E-state index in [-0.39, 0.29) is 5.82 Å². The first kappa shape index (κ1) is 14.4. The van der Waals surface area contributed by atoms with Gasteiger partial charge in [-0.1, -0.05) is 18.6 Å². The van der Waals surface area contributed by atoms with Gasteiger partial charge in [-0.15, -0.1) is 11.8 Å². The molecule has 3 heteroatoms. The molecule has 2 saturated carbocycles. The van der Waals surface area contributed by atoms with Gasteiger partial charge < -0.3 is 5.32 Å². The van der Waals surface area contributed by atoms with Gasteiger partial charge in [0.1, 0.15) is 5.82 Å². The number of hydrogen-bond donors (Lipinski definition) is 1. The molecule has 0 saturated heterocycles. The Balaban J connectivity index is 1.51. The summed E-state index contributed by atoms with van der Waals surface area (Å²) in [7, 11) is 2.04. The van der Waals surface area contributed by atoms with Gasteiger partial charge in [0.05, 0.1) is 0 Å². The van der Waals surface area contributed by atoms with Crippen LogP contribution in [0.3, 0.4) is 0 Å². The minimum Gasteiger partial charge on any atom is -0.316 e. The van der Waals surface area contributed by atoms with Crippen molar-refractivity contribution in [1.29, 1.82) is 0 Å². The average molecular weight is 293 g/mol. The monoisotopic (exact) mass is 293 g/mol. The molecule has 0 radical (unpaired) electrons. The Labute approximate surface area is 125 Å². The molecule has 20 heavy (non-hydrogen) atoms. The highest BCUT2D eigenvalue weighted by Gasteiger charge is 2.39. The van der Waals surface area contributed by atoms with Gasteiger partial charge in [0.25, 0.3) is 0 Å². The van der Waals surface area contributed by atoms with Crippen molar-refractivity contribution in [2.75, 3.05) is 12.8 Å². The molecule has 1 nitrogen and oxygen atoms in total. The lowest BCUT2D eigenvalue weighted by Gasteiger charge is -2.26. The van der Waals surface area contributed by atoms with E-state index in [2.05, 4.69) is 5.32 Å². The maximum Gasteiger partial charge on any atom is 0.136 e. The minimum absolute atomic E-state index is 0.0905. The van der Waals surface area contributed by atoms with Gasteiger partial charge in [-0.2, -0.15) is 0 Å². The van der Waals surface area contributed by atoms with Gasteiger partial charge in [-0.3, -0.25) is 0 Å². The molecular formula is C17H24FNS. The minimum atomic E-state index is -0.0905. The zero-order valence-corrected chi connectivity index (χ0v) is 13.0. The van der Waals surface area contributed by atoms with Crippen LogP contribution in [0.25, 0.3) is 0 Å². The van der Waals surface area contributed by atoms with E-state index in [1.165, 1.54) is 32.1 Å². The van der Waals surface area contributed by atoms with Crippen LogP contribution in [-0.2, 0) is 0 Å². The van der Waals surface area contributed by atoms with Crippen molar-refractivity contribution in [1.82, 2.24) is 5.32 Å². The number of hydrogen-bond acceptors (Lipinski definition) is 2. The van der Waals surface area contributed by atoms with E-state index in [0.29, 0.717) is 6.04 Å². The molecule has 0 heterocycles. The molecule has 4 unspecified atom stereocenters. The van der Waals surface area contributed by atoms with E-state index in [9.17, 15) is 4.39 Å². The normalized spacial score (nSPS) is 29.8. The molecule has 2 aliphatic rings. The number of nitrogens with one attached hydrogen (secondary N) is 1. The molecule has 2 fully saturated rings. The first-order valence-electron chi connectivity index (χ1n) is 7.81. The van der Waals surface area contributed by atoms with Gasteiger partial charge in [-0.25, -0.2) is 4.39 Å². The molecule has 4 atom stereocenters. The SMILES string of the molecule is CNC(CSc1ccccc1F)CC1CC2CCC1C2. The van der Waals surface area contributed by atoms with E-state index in [1.807, 2.05) is 19.2 Å². The van der Waals surface area contributed by atoms with E-state index in [4.69, 9.17) is 0 Å². The zero-order valence-electron chi connectivity index (χ0n) is 12.1. The fourth-order valence-electron chi connectivity index (χ4n) is 4.05. The highest BCUT2D eigenvalue weighted by atomic mass is 32.2. The van der Waals surface area contributed by atoms with Crippen molar-refractivity contribution < 1.29 is 4.39 Å². The quantitative estimate of drug-likeness (QED) is 0.783. The van der Waals surface area contributed by atoms with Crippen molar-refractivity contribution in [3.8, 4) is 0 Å². The van der Waals surface area contributed by atoms with Crippen molar-refractivity contribution in [2.45, 2.75) is 43.0 Å². The van der Waals surface area contributed by atoms with Crippen molar-refractivity contribution >= 4 is 11.8 Å². The molecule has 0 aliphatic heterocycles. The Morgan fingerprint density at radius 2 is 2.15 bits per heavy atom. The molecular weight excluding hydrogens is 269 g/mol. The van der Waals surface area contributed by atoms with Crippen LogP contribution < -0.4 is 5.32 Å². The lowest BCUT2D eigenvalue weighted by Crippen LogP contribution is -2.31. The van der Waals surface area contributed by atoms with Crippen LogP contribution in [0.5, 0.6) is 0 Å². The summed E-state index contributed by atoms with van der Waals surface area (Å²) in [5.74, 6) is 3.78. The Kier molecular flexibility index (Phi) is 4.67. The number of halogens is 1. The molecule has 0 spiro atoms. The maximum atomic E-state index is 13.6. The fourth-order valence-corrected chi connectivity index (χ4v) is 5.12. The van der Waals surface area contributed by atoms with Crippen LogP contribution in [0.15, 0.2) is 29.2 Å². The average Bonchev–Trinajstić information content (AvgIpc) is 3.07. The largest absolute Gasteiger partial charge is 0.316 e. The molecule has 110 valence electrons. The molecule has 1 aromatic rings. The molecule has 2 bridgehead atoms. The smallest absolute Gasteiger partial charge is 0.136 e. The van der Waals surface area contributed by atoms with E-state index in [0.717, 1.165) is 28.4 Å². The van der Waals surface area contributed by atoms with Gasteiger partial charge >= 0.3 is 0 Å². The number of fused-ring (bicyclic) bond motifs is 2. The van der Waals surface area contributed by atoms with E-state index >= 15 is 0 Å². The summed E-state index contributed by atoms with van der Waals surface area (Å²) >= 11 is 1.65. The van der Waals surface area contributed by atoms with Crippen LogP contribution >= 0.6 is 11.8 Å². The highest BCUT2D eigenvalue weighted by molar-refractivity contribution is 7.99. The summed E-state index contributed by atoms with van der Waals surface area (Å²) in [6, 6.07) is 7.60. The summed E-state index contributed by atoms with van der Waals surface area (Å²) in [5.41, 5.74) is 0. The molecule has 1 N–H and O–H groups in total. The summed E-state index contributed by atoms with van der Waals surface area (Å²) in [6.45, 7) is 0. The summed E-state index contributed by atoms with van der Waals surface area (Å²) in [6.07, 6.45) is 7.09. The van der Waals surface area contributed by atoms with Crippen LogP contribution in [-0.4, -0.2) is 18.8 Å². The van der Waals surface area contributed by atoms with Gasteiger partial charge in [0.2, 0.25) is 0 Å². The van der Waals surface area contributed by atoms with Gasteiger partial charge in [-0.05, 0) is 62.6 Å². The maximum absolute atomic E-state index is 13.6. The third-order valence-corrected chi connectivity index (χ3v) is 6.37. The molecule has 3 rings (SSSR count). The third-order valence-electron chi connectivity index (χ3n) is 5.16. The number of rotatable bonds is 6. The molecule has 0 aromatic heterocycles. The fraction of sp³-hybridized carbons (Fsp3) is 0.647. The molecule has 0 amide bonds. The second-order valence-corrected chi connectivity index (χ2v) is 7.46. The van der Waals surface area contributed by atoms with Gasteiger partial charge in [0, 0.05) is 16.7 Å². The standard InChI is InChI=1S/C17H24FNS/c1-19-15(10-14-9-12-6-7-13(14)8-12)11-20-17-5-3-2-4-16(17)18/h2-5,12-15,19H,6-11H2,1H3. The van der Waals surface area contributed by atoms with Crippen molar-refractivity contribution in [2.24, 2.45) is 17.8 Å². The van der Waals surface area contributed by atoms with Crippen LogP contribution in [0, 0.1) is 23.6 Å². The lowest BCUT2D eigenvalue weighted by atomic mass is 9.84. The number of benzene rings is 1. The predicted octanol–water partition coefficient (Wildman–Crippen LogP) is 4.33. The van der Waals surface area contributed by atoms with E-state index in [1.54, 1.807) is 23.9 Å². The topological polar surface area (TPSA) is 12.0 Å². The second kappa shape index (κ2) is 6.48.